The minimum Gasteiger partial charge on any atom is -0.348 e. The zero-order valence-corrected chi connectivity index (χ0v) is 16.5. The summed E-state index contributed by atoms with van der Waals surface area (Å²) in [5, 5.41) is 5.49. The van der Waals surface area contributed by atoms with Crippen molar-refractivity contribution in [3.05, 3.63) is 59.7 Å². The lowest BCUT2D eigenvalue weighted by atomic mass is 10.1. The van der Waals surface area contributed by atoms with Gasteiger partial charge in [0.15, 0.2) is 0 Å². The van der Waals surface area contributed by atoms with Gasteiger partial charge in [0.2, 0.25) is 15.9 Å². The second kappa shape index (κ2) is 8.53. The molecule has 0 saturated carbocycles. The first-order valence-electron chi connectivity index (χ1n) is 9.11. The molecule has 7 nitrogen and oxygen atoms in total. The number of nitrogens with zero attached hydrogens (tertiary/aromatic N) is 1. The van der Waals surface area contributed by atoms with Gasteiger partial charge in [-0.15, -0.1) is 0 Å². The van der Waals surface area contributed by atoms with Crippen molar-refractivity contribution in [3.63, 3.8) is 0 Å². The van der Waals surface area contributed by atoms with Crippen LogP contribution in [0.4, 0.5) is 5.69 Å². The van der Waals surface area contributed by atoms with E-state index < -0.39 is 10.0 Å². The molecule has 0 aliphatic carbocycles. The summed E-state index contributed by atoms with van der Waals surface area (Å²) in [4.78, 5) is 23.7. The summed E-state index contributed by atoms with van der Waals surface area (Å²) < 4.78 is 26.5. The number of benzene rings is 2. The first-order chi connectivity index (χ1) is 13.4. The van der Waals surface area contributed by atoms with Crippen molar-refractivity contribution >= 4 is 27.5 Å². The lowest BCUT2D eigenvalue weighted by molar-refractivity contribution is -0.114. The summed E-state index contributed by atoms with van der Waals surface area (Å²) in [7, 11) is -3.48. The third-order valence-corrected chi connectivity index (χ3v) is 6.43. The Morgan fingerprint density at radius 1 is 1.04 bits per heavy atom. The molecule has 0 aromatic heterocycles. The Labute approximate surface area is 164 Å². The van der Waals surface area contributed by atoms with Crippen molar-refractivity contribution in [2.24, 2.45) is 0 Å². The zero-order chi connectivity index (χ0) is 20.1. The van der Waals surface area contributed by atoms with E-state index in [4.69, 9.17) is 0 Å². The summed E-state index contributed by atoms with van der Waals surface area (Å²) in [5.41, 5.74) is 1.89. The van der Waals surface area contributed by atoms with Gasteiger partial charge >= 0.3 is 0 Å². The van der Waals surface area contributed by atoms with Gasteiger partial charge in [-0.05, 0) is 54.8 Å². The van der Waals surface area contributed by atoms with Gasteiger partial charge in [0, 0.05) is 37.8 Å². The third kappa shape index (κ3) is 4.76. The maximum atomic E-state index is 12.5. The van der Waals surface area contributed by atoms with E-state index in [9.17, 15) is 18.0 Å². The zero-order valence-electron chi connectivity index (χ0n) is 15.6. The Balaban J connectivity index is 1.63. The van der Waals surface area contributed by atoms with Gasteiger partial charge in [-0.2, -0.15) is 4.31 Å². The summed E-state index contributed by atoms with van der Waals surface area (Å²) in [6, 6.07) is 13.2. The average molecular weight is 401 g/mol. The molecule has 2 amide bonds. The molecule has 2 aromatic rings. The number of carbonyl (C=O) groups excluding carboxylic acids is 2. The normalized spacial score (nSPS) is 14.6. The van der Waals surface area contributed by atoms with E-state index in [2.05, 4.69) is 10.6 Å². The minimum absolute atomic E-state index is 0.162. The molecular weight excluding hydrogens is 378 g/mol. The number of amides is 2. The van der Waals surface area contributed by atoms with Crippen molar-refractivity contribution in [2.75, 3.05) is 18.4 Å². The fourth-order valence-corrected chi connectivity index (χ4v) is 4.62. The van der Waals surface area contributed by atoms with Gasteiger partial charge in [-0.3, -0.25) is 9.59 Å². The lowest BCUT2D eigenvalue weighted by Crippen LogP contribution is -2.28. The van der Waals surface area contributed by atoms with Gasteiger partial charge in [0.25, 0.3) is 5.91 Å². The molecule has 1 aliphatic heterocycles. The fourth-order valence-electron chi connectivity index (χ4n) is 3.10. The van der Waals surface area contributed by atoms with Crippen molar-refractivity contribution in [1.82, 2.24) is 9.62 Å². The van der Waals surface area contributed by atoms with Crippen LogP contribution >= 0.6 is 0 Å². The maximum absolute atomic E-state index is 12.5. The molecule has 0 spiro atoms. The number of anilines is 1. The van der Waals surface area contributed by atoms with Crippen LogP contribution in [0.5, 0.6) is 0 Å². The number of hydrogen-bond donors (Lipinski definition) is 2. The van der Waals surface area contributed by atoms with Crippen molar-refractivity contribution in [1.29, 1.82) is 0 Å². The second-order valence-electron chi connectivity index (χ2n) is 6.70. The highest BCUT2D eigenvalue weighted by Gasteiger charge is 2.27. The van der Waals surface area contributed by atoms with Crippen LogP contribution in [0.1, 0.15) is 35.7 Å². The maximum Gasteiger partial charge on any atom is 0.251 e. The molecule has 0 bridgehead atoms. The molecular formula is C20H23N3O4S. The molecule has 1 aliphatic rings. The monoisotopic (exact) mass is 401 g/mol. The third-order valence-electron chi connectivity index (χ3n) is 4.52. The highest BCUT2D eigenvalue weighted by atomic mass is 32.2. The quantitative estimate of drug-likeness (QED) is 0.777. The first kappa shape index (κ1) is 20.0. The Bertz CT molecular complexity index is 965. The fraction of sp³-hybridized carbons (Fsp3) is 0.300. The van der Waals surface area contributed by atoms with E-state index in [1.54, 1.807) is 18.2 Å². The van der Waals surface area contributed by atoms with Crippen LogP contribution in [0.25, 0.3) is 0 Å². The number of rotatable bonds is 6. The number of sulfonamides is 1. The van der Waals surface area contributed by atoms with Gasteiger partial charge in [0.1, 0.15) is 0 Å². The molecule has 2 aromatic carbocycles. The predicted octanol–water partition coefficient (Wildman–Crippen LogP) is 2.36. The van der Waals surface area contributed by atoms with Crippen molar-refractivity contribution in [2.45, 2.75) is 31.2 Å². The van der Waals surface area contributed by atoms with E-state index in [1.165, 1.54) is 35.5 Å². The van der Waals surface area contributed by atoms with E-state index >= 15 is 0 Å². The van der Waals surface area contributed by atoms with Crippen molar-refractivity contribution in [3.8, 4) is 0 Å². The van der Waals surface area contributed by atoms with E-state index in [0.717, 1.165) is 18.4 Å². The van der Waals surface area contributed by atoms with Crippen LogP contribution in [-0.4, -0.2) is 37.6 Å². The summed E-state index contributed by atoms with van der Waals surface area (Å²) in [6.07, 6.45) is 1.76. The van der Waals surface area contributed by atoms with Crippen LogP contribution in [0.3, 0.4) is 0 Å². The van der Waals surface area contributed by atoms with E-state index in [1.807, 2.05) is 6.07 Å². The van der Waals surface area contributed by atoms with Gasteiger partial charge in [0.05, 0.1) is 4.90 Å². The van der Waals surface area contributed by atoms with Gasteiger partial charge < -0.3 is 10.6 Å². The number of carbonyl (C=O) groups is 2. The molecule has 8 heteroatoms. The molecule has 1 fully saturated rings. The summed E-state index contributed by atoms with van der Waals surface area (Å²) in [5.74, 6) is -0.458. The Hall–Kier alpha value is -2.71. The van der Waals surface area contributed by atoms with Crippen LogP contribution < -0.4 is 10.6 Å². The highest BCUT2D eigenvalue weighted by Crippen LogP contribution is 2.21. The molecule has 148 valence electrons. The predicted molar refractivity (Wildman–Crippen MR) is 106 cm³/mol. The van der Waals surface area contributed by atoms with Crippen LogP contribution in [-0.2, 0) is 21.4 Å². The van der Waals surface area contributed by atoms with Crippen LogP contribution in [0, 0.1) is 0 Å². The summed E-state index contributed by atoms with van der Waals surface area (Å²) in [6.45, 7) is 2.81. The summed E-state index contributed by atoms with van der Waals surface area (Å²) >= 11 is 0. The molecule has 1 saturated heterocycles. The Morgan fingerprint density at radius 3 is 2.36 bits per heavy atom. The number of hydrogen-bond acceptors (Lipinski definition) is 4. The molecule has 0 radical (unpaired) electrons. The van der Waals surface area contributed by atoms with Crippen LogP contribution in [0.15, 0.2) is 53.4 Å². The average Bonchev–Trinajstić information content (AvgIpc) is 3.22. The van der Waals surface area contributed by atoms with Crippen LogP contribution in [0.2, 0.25) is 0 Å². The highest BCUT2D eigenvalue weighted by molar-refractivity contribution is 7.89. The van der Waals surface area contributed by atoms with Gasteiger partial charge in [-0.1, -0.05) is 12.1 Å². The minimum atomic E-state index is -3.48. The Morgan fingerprint density at radius 2 is 1.71 bits per heavy atom. The van der Waals surface area contributed by atoms with E-state index in [0.29, 0.717) is 30.9 Å². The molecule has 28 heavy (non-hydrogen) atoms. The standard InChI is InChI=1S/C20H23N3O4S/c1-15(24)22-18-6-4-5-16(13-18)14-21-20(25)17-7-9-19(10-8-17)28(26,27)23-11-2-3-12-23/h4-10,13H,2-3,11-12,14H2,1H3,(H,21,25)(H,22,24). The molecule has 0 unspecified atom stereocenters. The topological polar surface area (TPSA) is 95.6 Å². The lowest BCUT2D eigenvalue weighted by Gasteiger charge is -2.15. The number of nitrogens with one attached hydrogen (secondary N) is 2. The van der Waals surface area contributed by atoms with E-state index in [-0.39, 0.29) is 16.7 Å². The smallest absolute Gasteiger partial charge is 0.251 e. The molecule has 2 N–H and O–H groups in total. The Kier molecular flexibility index (Phi) is 6.11. The van der Waals surface area contributed by atoms with Crippen molar-refractivity contribution < 1.29 is 18.0 Å². The SMILES string of the molecule is CC(=O)Nc1cccc(CNC(=O)c2ccc(S(=O)(=O)N3CCCC3)cc2)c1. The second-order valence-corrected chi connectivity index (χ2v) is 8.64. The first-order valence-corrected chi connectivity index (χ1v) is 10.6. The molecule has 0 atom stereocenters. The largest absolute Gasteiger partial charge is 0.348 e. The van der Waals surface area contributed by atoms with Gasteiger partial charge in [-0.25, -0.2) is 8.42 Å². The molecule has 3 rings (SSSR count). The molecule has 1 heterocycles.